The molecule has 1 aromatic carbocycles. The van der Waals surface area contributed by atoms with Crippen LogP contribution in [0.3, 0.4) is 0 Å². The predicted octanol–water partition coefficient (Wildman–Crippen LogP) is 2.84. The summed E-state index contributed by atoms with van der Waals surface area (Å²) in [4.78, 5) is 6.31. The minimum absolute atomic E-state index is 0.149. The van der Waals surface area contributed by atoms with Gasteiger partial charge in [0.2, 0.25) is 9.84 Å². The summed E-state index contributed by atoms with van der Waals surface area (Å²) in [6.45, 7) is 1.37. The molecule has 1 aromatic heterocycles. The lowest BCUT2D eigenvalue weighted by Crippen LogP contribution is -2.43. The van der Waals surface area contributed by atoms with Crippen molar-refractivity contribution >= 4 is 20.7 Å². The van der Waals surface area contributed by atoms with Crippen LogP contribution in [0.5, 0.6) is 0 Å². The Balaban J connectivity index is 1.80. The van der Waals surface area contributed by atoms with E-state index < -0.39 is 20.8 Å². The zero-order valence-corrected chi connectivity index (χ0v) is 13.3. The lowest BCUT2D eigenvalue weighted by atomic mass is 10.1. The maximum atomic E-state index is 12.7. The molecular weight excluding hydrogens is 322 g/mol. The van der Waals surface area contributed by atoms with E-state index in [2.05, 4.69) is 4.98 Å². The Kier molecular flexibility index (Phi) is 4.59. The Morgan fingerprint density at radius 3 is 2.83 bits per heavy atom. The number of rotatable bonds is 4. The first kappa shape index (κ1) is 16.3. The van der Waals surface area contributed by atoms with E-state index in [9.17, 15) is 17.2 Å². The Labute approximate surface area is 134 Å². The van der Waals surface area contributed by atoms with Crippen molar-refractivity contribution in [2.45, 2.75) is 30.4 Å². The van der Waals surface area contributed by atoms with E-state index in [1.807, 2.05) is 35.2 Å². The number of nitrogens with zero attached hydrogens (tertiary/aromatic N) is 2. The van der Waals surface area contributed by atoms with Crippen molar-refractivity contribution in [1.82, 2.24) is 9.88 Å². The van der Waals surface area contributed by atoms with Crippen molar-refractivity contribution in [2.75, 3.05) is 13.1 Å². The predicted molar refractivity (Wildman–Crippen MR) is 85.0 cm³/mol. The van der Waals surface area contributed by atoms with Gasteiger partial charge in [-0.25, -0.2) is 8.42 Å². The van der Waals surface area contributed by atoms with Gasteiger partial charge in [-0.05, 0) is 31.0 Å². The number of piperidine rings is 1. The third-order valence-corrected chi connectivity index (χ3v) is 6.10. The molecule has 0 saturated carbocycles. The van der Waals surface area contributed by atoms with E-state index in [1.165, 1.54) is 0 Å². The second-order valence-corrected chi connectivity index (χ2v) is 8.04. The maximum absolute atomic E-state index is 12.7. The largest absolute Gasteiger partial charge is 0.337 e. The molecule has 1 aliphatic rings. The number of hydrogen-bond acceptors (Lipinski definition) is 4. The molecule has 2 aromatic rings. The molecule has 1 atom stereocenters. The van der Waals surface area contributed by atoms with Crippen molar-refractivity contribution in [2.24, 2.45) is 0 Å². The molecule has 0 N–H and O–H groups in total. The van der Waals surface area contributed by atoms with Crippen molar-refractivity contribution in [3.63, 3.8) is 0 Å². The first-order valence-corrected chi connectivity index (χ1v) is 9.15. The fourth-order valence-electron chi connectivity index (χ4n) is 3.11. The number of para-hydroxylation sites is 1. The topological polar surface area (TPSA) is 50.3 Å². The molecule has 1 saturated heterocycles. The second-order valence-electron chi connectivity index (χ2n) is 5.84. The summed E-state index contributed by atoms with van der Waals surface area (Å²) in [5, 5.41) is 0.0259. The summed E-state index contributed by atoms with van der Waals surface area (Å²) < 4.78 is 48.9. The quantitative estimate of drug-likeness (QED) is 0.859. The fraction of sp³-hybridized carbons (Fsp3) is 0.438. The summed E-state index contributed by atoms with van der Waals surface area (Å²) in [5.41, 5.74) is 1.85. The molecule has 23 heavy (non-hydrogen) atoms. The van der Waals surface area contributed by atoms with E-state index in [0.717, 1.165) is 16.5 Å². The van der Waals surface area contributed by atoms with Crippen LogP contribution in [0, 0.1) is 0 Å². The van der Waals surface area contributed by atoms with Gasteiger partial charge in [0, 0.05) is 24.7 Å². The summed E-state index contributed by atoms with van der Waals surface area (Å²) in [6, 6.07) is 9.66. The van der Waals surface area contributed by atoms with Gasteiger partial charge in [-0.1, -0.05) is 24.3 Å². The minimum atomic E-state index is -4.36. The van der Waals surface area contributed by atoms with Gasteiger partial charge in [0.05, 0.1) is 10.8 Å². The Morgan fingerprint density at radius 1 is 1.26 bits per heavy atom. The molecule has 0 spiro atoms. The molecule has 124 valence electrons. The Hall–Kier alpha value is -1.60. The van der Waals surface area contributed by atoms with E-state index >= 15 is 0 Å². The normalized spacial score (nSPS) is 20.2. The van der Waals surface area contributed by atoms with Crippen LogP contribution in [0.2, 0.25) is 0 Å². The molecule has 0 radical (unpaired) electrons. The third kappa shape index (κ3) is 3.35. The minimum Gasteiger partial charge on any atom is -0.298 e. The first-order valence-electron chi connectivity index (χ1n) is 7.54. The number of halogens is 2. The van der Waals surface area contributed by atoms with Crippen LogP contribution in [0.25, 0.3) is 10.9 Å². The van der Waals surface area contributed by atoms with Gasteiger partial charge in [0.25, 0.3) is 0 Å². The molecule has 7 heteroatoms. The van der Waals surface area contributed by atoms with Crippen LogP contribution in [0.4, 0.5) is 8.78 Å². The van der Waals surface area contributed by atoms with Gasteiger partial charge in [-0.2, -0.15) is 8.78 Å². The van der Waals surface area contributed by atoms with Gasteiger partial charge in [-0.3, -0.25) is 9.88 Å². The van der Waals surface area contributed by atoms with Gasteiger partial charge in [0.15, 0.2) is 0 Å². The number of fused-ring (bicyclic) bond motifs is 1. The van der Waals surface area contributed by atoms with E-state index in [-0.39, 0.29) is 6.54 Å². The highest BCUT2D eigenvalue weighted by atomic mass is 32.2. The molecule has 1 aliphatic heterocycles. The number of pyridine rings is 1. The van der Waals surface area contributed by atoms with E-state index in [0.29, 0.717) is 25.9 Å². The van der Waals surface area contributed by atoms with E-state index in [1.54, 1.807) is 6.20 Å². The van der Waals surface area contributed by atoms with Crippen molar-refractivity contribution in [3.8, 4) is 0 Å². The van der Waals surface area contributed by atoms with E-state index in [4.69, 9.17) is 0 Å². The Bertz CT molecular complexity index is 790. The molecule has 0 bridgehead atoms. The van der Waals surface area contributed by atoms with Crippen LogP contribution in [0.15, 0.2) is 36.5 Å². The average molecular weight is 340 g/mol. The SMILES string of the molecule is O=S(=O)(C(F)F)C1CCCN(Cc2cccc3cccnc23)C1. The summed E-state index contributed by atoms with van der Waals surface area (Å²) in [6.07, 6.45) is 2.62. The third-order valence-electron chi connectivity index (χ3n) is 4.29. The maximum Gasteiger partial charge on any atom is 0.337 e. The van der Waals surface area contributed by atoms with Gasteiger partial charge in [0.1, 0.15) is 0 Å². The average Bonchev–Trinajstić information content (AvgIpc) is 2.55. The summed E-state index contributed by atoms with van der Waals surface area (Å²) in [5.74, 6) is -3.30. The fourth-order valence-corrected chi connectivity index (χ4v) is 4.31. The monoisotopic (exact) mass is 340 g/mol. The number of sulfone groups is 1. The first-order chi connectivity index (χ1) is 11.0. The molecule has 4 nitrogen and oxygen atoms in total. The van der Waals surface area contributed by atoms with Gasteiger partial charge < -0.3 is 0 Å². The van der Waals surface area contributed by atoms with Crippen LogP contribution in [-0.2, 0) is 16.4 Å². The highest BCUT2D eigenvalue weighted by Gasteiger charge is 2.37. The molecule has 2 heterocycles. The lowest BCUT2D eigenvalue weighted by molar-refractivity contribution is 0.205. The van der Waals surface area contributed by atoms with Crippen LogP contribution < -0.4 is 0 Å². The lowest BCUT2D eigenvalue weighted by Gasteiger charge is -2.32. The molecule has 1 unspecified atom stereocenters. The molecular formula is C16H18F2N2O2S. The summed E-state index contributed by atoms with van der Waals surface area (Å²) >= 11 is 0. The molecule has 0 aliphatic carbocycles. The zero-order valence-electron chi connectivity index (χ0n) is 12.5. The smallest absolute Gasteiger partial charge is 0.298 e. The van der Waals surface area contributed by atoms with Crippen LogP contribution in [0.1, 0.15) is 18.4 Å². The number of benzene rings is 1. The number of aromatic nitrogens is 1. The van der Waals surface area contributed by atoms with Gasteiger partial charge in [-0.15, -0.1) is 0 Å². The highest BCUT2D eigenvalue weighted by Crippen LogP contribution is 2.24. The van der Waals surface area contributed by atoms with Crippen molar-refractivity contribution in [1.29, 1.82) is 0 Å². The Morgan fingerprint density at radius 2 is 2.04 bits per heavy atom. The molecule has 3 rings (SSSR count). The standard InChI is InChI=1S/C16H18F2N2O2S/c17-16(18)23(21,22)14-7-3-9-20(11-14)10-13-5-1-4-12-6-2-8-19-15(12)13/h1-2,4-6,8,14,16H,3,7,9-11H2. The van der Waals surface area contributed by atoms with Crippen molar-refractivity contribution < 1.29 is 17.2 Å². The van der Waals surface area contributed by atoms with Crippen LogP contribution >= 0.6 is 0 Å². The highest BCUT2D eigenvalue weighted by molar-refractivity contribution is 7.92. The summed E-state index contributed by atoms with van der Waals surface area (Å²) in [7, 11) is -4.36. The van der Waals surface area contributed by atoms with Gasteiger partial charge >= 0.3 is 5.76 Å². The van der Waals surface area contributed by atoms with Crippen LogP contribution in [-0.4, -0.2) is 42.4 Å². The number of hydrogen-bond donors (Lipinski definition) is 0. The number of alkyl halides is 2. The molecule has 1 fully saturated rings. The van der Waals surface area contributed by atoms with Crippen molar-refractivity contribution in [3.05, 3.63) is 42.1 Å². The second kappa shape index (κ2) is 6.49. The molecule has 0 amide bonds. The number of likely N-dealkylation sites (tertiary alicyclic amines) is 1. The zero-order chi connectivity index (χ0) is 16.4.